The zero-order chi connectivity index (χ0) is 21.0. The highest BCUT2D eigenvalue weighted by molar-refractivity contribution is 5.73. The molecule has 1 aromatic heterocycles. The van der Waals surface area contributed by atoms with Crippen molar-refractivity contribution in [2.24, 2.45) is 5.92 Å². The van der Waals surface area contributed by atoms with E-state index < -0.39 is 5.60 Å². The van der Waals surface area contributed by atoms with Crippen LogP contribution in [0.15, 0.2) is 28.8 Å². The molecule has 1 aliphatic rings. The highest BCUT2D eigenvalue weighted by Crippen LogP contribution is 2.22. The van der Waals surface area contributed by atoms with Crippen LogP contribution >= 0.6 is 0 Å². The van der Waals surface area contributed by atoms with E-state index in [-0.39, 0.29) is 36.3 Å². The van der Waals surface area contributed by atoms with E-state index in [2.05, 4.69) is 10.1 Å². The first-order valence-corrected chi connectivity index (χ1v) is 9.44. The van der Waals surface area contributed by atoms with Gasteiger partial charge in [-0.2, -0.15) is 4.98 Å². The topological polar surface area (TPSA) is 94.8 Å². The molecule has 0 spiro atoms. The van der Waals surface area contributed by atoms with Gasteiger partial charge in [0, 0.05) is 18.7 Å². The number of ether oxygens (including phenoxy) is 2. The van der Waals surface area contributed by atoms with Crippen molar-refractivity contribution in [3.05, 3.63) is 36.0 Å². The smallest absolute Gasteiger partial charge is 0.410 e. The van der Waals surface area contributed by atoms with Crippen LogP contribution in [0.25, 0.3) is 11.4 Å². The lowest BCUT2D eigenvalue weighted by Gasteiger charge is -2.32. The number of halogens is 1. The fraction of sp³-hybridized carbons (Fsp3) is 0.500. The van der Waals surface area contributed by atoms with Gasteiger partial charge in [-0.1, -0.05) is 5.16 Å². The summed E-state index contributed by atoms with van der Waals surface area (Å²) in [6.45, 7) is 6.17. The Morgan fingerprint density at radius 2 is 1.86 bits per heavy atom. The zero-order valence-corrected chi connectivity index (χ0v) is 16.7. The maximum Gasteiger partial charge on any atom is 0.410 e. The molecule has 0 saturated carbocycles. The minimum Gasteiger partial charge on any atom is -0.455 e. The van der Waals surface area contributed by atoms with Crippen LogP contribution in [0.2, 0.25) is 0 Å². The Hall–Kier alpha value is -2.97. The van der Waals surface area contributed by atoms with E-state index in [1.165, 1.54) is 24.3 Å². The minimum absolute atomic E-state index is 0.140. The molecule has 0 bridgehead atoms. The number of nitrogens with zero attached hydrogens (tertiary/aromatic N) is 3. The van der Waals surface area contributed by atoms with Crippen LogP contribution in [0.1, 0.15) is 39.5 Å². The summed E-state index contributed by atoms with van der Waals surface area (Å²) in [5, 5.41) is 3.81. The van der Waals surface area contributed by atoms with Crippen LogP contribution in [0.5, 0.6) is 0 Å². The van der Waals surface area contributed by atoms with Gasteiger partial charge >= 0.3 is 12.1 Å². The molecule has 2 aromatic rings. The average Bonchev–Trinajstić information content (AvgIpc) is 3.14. The molecule has 1 fully saturated rings. The van der Waals surface area contributed by atoms with Gasteiger partial charge in [0.05, 0.1) is 5.92 Å². The maximum absolute atomic E-state index is 13.0. The molecule has 29 heavy (non-hydrogen) atoms. The number of piperidine rings is 1. The number of carbonyl (C=O) groups is 2. The summed E-state index contributed by atoms with van der Waals surface area (Å²) in [6.07, 6.45) is 0.634. The van der Waals surface area contributed by atoms with Crippen molar-refractivity contribution in [3.63, 3.8) is 0 Å². The molecule has 2 heterocycles. The van der Waals surface area contributed by atoms with Crippen molar-refractivity contribution in [3.8, 4) is 11.4 Å². The molecule has 3 rings (SSSR count). The summed E-state index contributed by atoms with van der Waals surface area (Å²) >= 11 is 0. The number of benzene rings is 1. The van der Waals surface area contributed by atoms with Gasteiger partial charge in [0.15, 0.2) is 6.61 Å². The number of esters is 1. The molecular formula is C20H24FN3O5. The van der Waals surface area contributed by atoms with E-state index in [0.29, 0.717) is 37.3 Å². The van der Waals surface area contributed by atoms with Gasteiger partial charge < -0.3 is 18.9 Å². The van der Waals surface area contributed by atoms with E-state index in [1.807, 2.05) is 20.8 Å². The molecule has 9 heteroatoms. The van der Waals surface area contributed by atoms with Gasteiger partial charge in [0.2, 0.25) is 5.82 Å². The van der Waals surface area contributed by atoms with Crippen molar-refractivity contribution in [2.75, 3.05) is 13.1 Å². The van der Waals surface area contributed by atoms with Crippen LogP contribution in [0.3, 0.4) is 0 Å². The third kappa shape index (κ3) is 5.75. The second kappa shape index (κ2) is 8.59. The number of likely N-dealkylation sites (tertiary alicyclic amines) is 1. The number of hydrogen-bond donors (Lipinski definition) is 0. The Balaban J connectivity index is 1.46. The van der Waals surface area contributed by atoms with Crippen molar-refractivity contribution in [1.29, 1.82) is 0 Å². The van der Waals surface area contributed by atoms with Crippen molar-refractivity contribution in [2.45, 2.75) is 45.8 Å². The number of aromatic nitrogens is 2. The Morgan fingerprint density at radius 3 is 2.48 bits per heavy atom. The summed E-state index contributed by atoms with van der Waals surface area (Å²) in [5.41, 5.74) is 0.0474. The third-order valence-corrected chi connectivity index (χ3v) is 4.39. The summed E-state index contributed by atoms with van der Waals surface area (Å²) in [6, 6.07) is 5.67. The van der Waals surface area contributed by atoms with Gasteiger partial charge in [-0.15, -0.1) is 0 Å². The monoisotopic (exact) mass is 405 g/mol. The first-order valence-electron chi connectivity index (χ1n) is 9.44. The molecule has 1 aliphatic heterocycles. The second-order valence-electron chi connectivity index (χ2n) is 7.87. The molecule has 8 nitrogen and oxygen atoms in total. The van der Waals surface area contributed by atoms with E-state index in [1.54, 1.807) is 4.90 Å². The van der Waals surface area contributed by atoms with E-state index >= 15 is 0 Å². The minimum atomic E-state index is -0.552. The van der Waals surface area contributed by atoms with E-state index in [4.69, 9.17) is 14.0 Å². The Kier molecular flexibility index (Phi) is 6.14. The average molecular weight is 405 g/mol. The number of rotatable bonds is 4. The molecule has 156 valence electrons. The van der Waals surface area contributed by atoms with Crippen molar-refractivity contribution < 1.29 is 28.0 Å². The Morgan fingerprint density at radius 1 is 1.21 bits per heavy atom. The predicted octanol–water partition coefficient (Wildman–Crippen LogP) is 3.57. The molecule has 0 unspecified atom stereocenters. The number of carbonyl (C=O) groups excluding carboxylic acids is 2. The normalized spacial score (nSPS) is 15.2. The van der Waals surface area contributed by atoms with Gasteiger partial charge in [-0.25, -0.2) is 9.18 Å². The predicted molar refractivity (Wildman–Crippen MR) is 100 cm³/mol. The molecule has 1 saturated heterocycles. The van der Waals surface area contributed by atoms with Gasteiger partial charge in [-0.05, 0) is 57.9 Å². The van der Waals surface area contributed by atoms with Crippen LogP contribution in [0, 0.1) is 11.7 Å². The first kappa shape index (κ1) is 20.8. The lowest BCUT2D eigenvalue weighted by molar-refractivity contribution is -0.152. The fourth-order valence-corrected chi connectivity index (χ4v) is 2.90. The summed E-state index contributed by atoms with van der Waals surface area (Å²) in [7, 11) is 0. The van der Waals surface area contributed by atoms with Crippen LogP contribution in [0.4, 0.5) is 9.18 Å². The molecular weight excluding hydrogens is 381 g/mol. The van der Waals surface area contributed by atoms with Gasteiger partial charge in [-0.3, -0.25) is 4.79 Å². The van der Waals surface area contributed by atoms with Crippen molar-refractivity contribution >= 4 is 12.1 Å². The molecule has 0 radical (unpaired) electrons. The lowest BCUT2D eigenvalue weighted by atomic mass is 9.97. The van der Waals surface area contributed by atoms with Crippen molar-refractivity contribution in [1.82, 2.24) is 15.0 Å². The SMILES string of the molecule is CC(C)(C)OC(=O)N1CCC(C(=O)OCc2nc(-c3ccc(F)cc3)no2)CC1. The van der Waals surface area contributed by atoms with Crippen LogP contribution < -0.4 is 0 Å². The van der Waals surface area contributed by atoms with Gasteiger partial charge in [0.25, 0.3) is 5.89 Å². The summed E-state index contributed by atoms with van der Waals surface area (Å²) in [4.78, 5) is 30.1. The molecule has 0 atom stereocenters. The zero-order valence-electron chi connectivity index (χ0n) is 16.7. The third-order valence-electron chi connectivity index (χ3n) is 4.39. The highest BCUT2D eigenvalue weighted by atomic mass is 19.1. The van der Waals surface area contributed by atoms with Gasteiger partial charge in [0.1, 0.15) is 11.4 Å². The number of amides is 1. The largest absolute Gasteiger partial charge is 0.455 e. The Labute approximate surface area is 168 Å². The second-order valence-corrected chi connectivity index (χ2v) is 7.87. The maximum atomic E-state index is 13.0. The Bertz CT molecular complexity index is 852. The molecule has 1 aromatic carbocycles. The fourth-order valence-electron chi connectivity index (χ4n) is 2.90. The standard InChI is InChI=1S/C20H24FN3O5/c1-20(2,3)28-19(26)24-10-8-14(9-11-24)18(25)27-12-16-22-17(23-29-16)13-4-6-15(21)7-5-13/h4-7,14H,8-12H2,1-3H3. The molecule has 0 N–H and O–H groups in total. The van der Waals surface area contributed by atoms with Crippen LogP contribution in [-0.4, -0.2) is 45.8 Å². The van der Waals surface area contributed by atoms with E-state index in [0.717, 1.165) is 0 Å². The highest BCUT2D eigenvalue weighted by Gasteiger charge is 2.31. The first-order chi connectivity index (χ1) is 13.7. The summed E-state index contributed by atoms with van der Waals surface area (Å²) in [5.74, 6) is -0.571. The molecule has 1 amide bonds. The summed E-state index contributed by atoms with van der Waals surface area (Å²) < 4.78 is 28.7. The number of hydrogen-bond acceptors (Lipinski definition) is 7. The van der Waals surface area contributed by atoms with E-state index in [9.17, 15) is 14.0 Å². The quantitative estimate of drug-likeness (QED) is 0.718. The lowest BCUT2D eigenvalue weighted by Crippen LogP contribution is -2.43. The van der Waals surface area contributed by atoms with Crippen LogP contribution in [-0.2, 0) is 20.9 Å². The molecule has 0 aliphatic carbocycles.